The first-order valence-electron chi connectivity index (χ1n) is 34.8. The Hall–Kier alpha value is -5.92. The fraction of sp³-hybridized carbons (Fsp3) is 0.568. The van der Waals surface area contributed by atoms with Crippen LogP contribution in [0.15, 0.2) is 57.5 Å². The van der Waals surface area contributed by atoms with Crippen LogP contribution in [0.25, 0.3) is 68.6 Å². The topological polar surface area (TPSA) is 279 Å². The van der Waals surface area contributed by atoms with Crippen LogP contribution in [0.2, 0.25) is 0 Å². The number of aromatic amines is 2. The van der Waals surface area contributed by atoms with Crippen LogP contribution in [-0.2, 0) is 85.3 Å². The highest BCUT2D eigenvalue weighted by Gasteiger charge is 2.24. The quantitative estimate of drug-likeness (QED) is 0.0335. The maximum absolute atomic E-state index is 6.64. The van der Waals surface area contributed by atoms with E-state index in [1.807, 2.05) is 72.8 Å². The van der Waals surface area contributed by atoms with E-state index in [1.165, 1.54) is 0 Å². The monoisotopic (exact) mass is 1590 g/mol. The van der Waals surface area contributed by atoms with Crippen molar-refractivity contribution in [3.05, 3.63) is 80.3 Å². The maximum Gasteiger partial charge on any atom is 0.203 e. The molecule has 104 heavy (non-hydrogen) atoms. The van der Waals surface area contributed by atoms with Crippen molar-refractivity contribution in [1.29, 1.82) is 0 Å². The van der Waals surface area contributed by atoms with Gasteiger partial charge in [0, 0.05) is 64.8 Å². The Labute approximate surface area is 626 Å². The summed E-state index contributed by atoms with van der Waals surface area (Å²) in [6.45, 7) is 12.6. The number of benzene rings is 2. The average Bonchev–Trinajstić information content (AvgIpc) is 1.59. The SMILES string of the molecule is COCCOCCOCCOc1cc(-c2c3nc(c(Br)c4ccc([nH]4)c(-c4cc(OCCOCCOCCOC)c(OCCOCCOCCOC)c(OCCOCCOCCOC)c4)c4nc(c(Br)c5ccc2[nH]5)C=C4)C=C3)cc(OCCOCCOCCOC)c1OCCOCCOCCOC. The Kier molecular flexibility index (Phi) is 43.5. The number of rotatable bonds is 62. The molecule has 28 nitrogen and oxygen atoms in total. The molecule has 2 aliphatic rings. The Bertz CT molecular complexity index is 3120. The largest absolute Gasteiger partial charge is 0.487 e. The van der Waals surface area contributed by atoms with Crippen molar-refractivity contribution in [3.8, 4) is 56.8 Å². The molecule has 0 amide bonds. The lowest BCUT2D eigenvalue weighted by atomic mass is 10.0. The van der Waals surface area contributed by atoms with Gasteiger partial charge in [0.05, 0.1) is 241 Å². The van der Waals surface area contributed by atoms with Crippen molar-refractivity contribution in [3.63, 3.8) is 0 Å². The molecule has 30 heteroatoms. The third-order valence-electron chi connectivity index (χ3n) is 15.0. The number of halogens is 2. The maximum atomic E-state index is 6.64. The summed E-state index contributed by atoms with van der Waals surface area (Å²) >= 11 is 7.98. The van der Waals surface area contributed by atoms with Crippen molar-refractivity contribution < 1.29 is 114 Å². The highest BCUT2D eigenvalue weighted by molar-refractivity contribution is 9.11. The van der Waals surface area contributed by atoms with Crippen molar-refractivity contribution >= 4 is 78.2 Å². The van der Waals surface area contributed by atoms with Gasteiger partial charge in [-0.1, -0.05) is 0 Å². The molecule has 2 aromatic carbocycles. The van der Waals surface area contributed by atoms with E-state index in [9.17, 15) is 0 Å². The second-order valence-corrected chi connectivity index (χ2v) is 24.0. The number of nitrogens with zero attached hydrogens (tertiary/aromatic N) is 2. The van der Waals surface area contributed by atoms with Crippen molar-refractivity contribution in [2.45, 2.75) is 0 Å². The third kappa shape index (κ3) is 30.7. The van der Waals surface area contributed by atoms with Crippen LogP contribution in [0.4, 0.5) is 0 Å². The number of fused-ring (bicyclic) bond motifs is 8. The number of hydrogen-bond donors (Lipinski definition) is 2. The van der Waals surface area contributed by atoms with E-state index in [0.717, 1.165) is 22.2 Å². The van der Waals surface area contributed by atoms with Crippen LogP contribution in [0.1, 0.15) is 22.8 Å². The van der Waals surface area contributed by atoms with Gasteiger partial charge in [-0.2, -0.15) is 0 Å². The predicted molar refractivity (Wildman–Crippen MR) is 399 cm³/mol. The zero-order valence-electron chi connectivity index (χ0n) is 60.8. The standard InChI is InChI=1S/C74H104Br2N4O24/c1-81-15-21-87-27-33-93-39-45-99-65-51-55(52-66(100-46-40-94-34-28-88-22-16-82-2)73(65)103-49-43-97-37-31-91-25-19-85-5)69-57-7-11-61(77-57)71(75)63-13-9-59(79-63)70(60-10-14-64(80-60)72(76)62-12-8-58(69)78-62)56-53-67(101-47-41-95-35-29-89-23-17-83-3)74(104-50-44-98-38-32-92-26-20-86-6)68(54-56)102-48-42-96-36-30-90-24-18-84-4/h7-14,51-54,77,80H,15-50H2,1-6H3. The first kappa shape index (κ1) is 85.3. The Balaban J connectivity index is 1.32. The van der Waals surface area contributed by atoms with Crippen LogP contribution >= 0.6 is 31.9 Å². The number of ether oxygens (including phenoxy) is 24. The molecule has 0 radical (unpaired) electrons. The molecule has 5 aromatic rings. The van der Waals surface area contributed by atoms with Gasteiger partial charge in [-0.25, -0.2) is 9.97 Å². The summed E-state index contributed by atoms with van der Waals surface area (Å²) in [5.41, 5.74) is 8.24. The van der Waals surface area contributed by atoms with Crippen LogP contribution in [0.3, 0.4) is 0 Å². The van der Waals surface area contributed by atoms with Crippen LogP contribution < -0.4 is 28.4 Å². The van der Waals surface area contributed by atoms with Gasteiger partial charge in [0.1, 0.15) is 39.6 Å². The molecule has 8 bridgehead atoms. The zero-order chi connectivity index (χ0) is 73.3. The molecule has 578 valence electrons. The molecule has 0 aliphatic carbocycles. The second-order valence-electron chi connectivity index (χ2n) is 22.4. The van der Waals surface area contributed by atoms with Crippen LogP contribution in [-0.4, -0.2) is 300 Å². The van der Waals surface area contributed by atoms with Crippen molar-refractivity contribution in [1.82, 2.24) is 19.9 Å². The smallest absolute Gasteiger partial charge is 0.203 e. The van der Waals surface area contributed by atoms with Gasteiger partial charge in [-0.05, 0) is 116 Å². The summed E-state index contributed by atoms with van der Waals surface area (Å²) in [6, 6.07) is 15.7. The molecule has 0 unspecified atom stereocenters. The second kappa shape index (κ2) is 53.0. The average molecular weight is 1590 g/mol. The highest BCUT2D eigenvalue weighted by atomic mass is 79.9. The molecule has 0 saturated carbocycles. The van der Waals surface area contributed by atoms with Crippen LogP contribution in [0, 0.1) is 0 Å². The first-order chi connectivity index (χ1) is 51.3. The predicted octanol–water partition coefficient (Wildman–Crippen LogP) is 9.87. The molecular formula is C74H104Br2N4O24. The van der Waals surface area contributed by atoms with Crippen LogP contribution in [0.5, 0.6) is 34.5 Å². The Morgan fingerprint density at radius 3 is 0.692 bits per heavy atom. The molecule has 7 rings (SSSR count). The first-order valence-corrected chi connectivity index (χ1v) is 36.4. The number of H-pyrrole nitrogens is 2. The van der Waals surface area contributed by atoms with Crippen molar-refractivity contribution in [2.24, 2.45) is 0 Å². The lowest BCUT2D eigenvalue weighted by Gasteiger charge is -2.19. The molecule has 3 aromatic heterocycles. The van der Waals surface area contributed by atoms with E-state index in [0.29, 0.717) is 247 Å². The number of hydrogen-bond acceptors (Lipinski definition) is 26. The summed E-state index contributed by atoms with van der Waals surface area (Å²) in [6.07, 6.45) is 7.88. The molecular weight excluding hydrogens is 1490 g/mol. The number of nitrogens with one attached hydrogen (secondary N) is 2. The van der Waals surface area contributed by atoms with E-state index in [2.05, 4.69) is 41.8 Å². The minimum Gasteiger partial charge on any atom is -0.487 e. The number of aromatic nitrogens is 4. The van der Waals surface area contributed by atoms with Crippen molar-refractivity contribution in [2.75, 3.05) is 281 Å². The molecule has 0 atom stereocenters. The lowest BCUT2D eigenvalue weighted by Crippen LogP contribution is -2.15. The van der Waals surface area contributed by atoms with E-state index in [1.54, 1.807) is 42.7 Å². The van der Waals surface area contributed by atoms with Gasteiger partial charge in [0.25, 0.3) is 0 Å². The van der Waals surface area contributed by atoms with E-state index >= 15 is 0 Å². The molecule has 2 aliphatic heterocycles. The fourth-order valence-corrected chi connectivity index (χ4v) is 10.8. The van der Waals surface area contributed by atoms with Gasteiger partial charge in [-0.15, -0.1) is 0 Å². The Morgan fingerprint density at radius 2 is 0.452 bits per heavy atom. The molecule has 0 fully saturated rings. The van der Waals surface area contributed by atoms with Gasteiger partial charge in [0.2, 0.25) is 11.5 Å². The third-order valence-corrected chi connectivity index (χ3v) is 16.6. The normalized spacial score (nSPS) is 11.9. The summed E-state index contributed by atoms with van der Waals surface area (Å²) in [5, 5.41) is 0. The number of methoxy groups -OCH3 is 6. The summed E-state index contributed by atoms with van der Waals surface area (Å²) in [7, 11) is 9.79. The minimum atomic E-state index is 0.160. The van der Waals surface area contributed by atoms with E-state index in [-0.39, 0.29) is 79.3 Å². The lowest BCUT2D eigenvalue weighted by molar-refractivity contribution is 0.0146. The fourth-order valence-electron chi connectivity index (χ4n) is 9.93. The summed E-state index contributed by atoms with van der Waals surface area (Å²) < 4.78 is 141. The highest BCUT2D eigenvalue weighted by Crippen LogP contribution is 2.46. The zero-order valence-corrected chi connectivity index (χ0v) is 64.0. The minimum absolute atomic E-state index is 0.160. The molecule has 2 N–H and O–H groups in total. The van der Waals surface area contributed by atoms with E-state index in [4.69, 9.17) is 124 Å². The molecule has 5 heterocycles. The van der Waals surface area contributed by atoms with Gasteiger partial charge >= 0.3 is 0 Å². The summed E-state index contributed by atoms with van der Waals surface area (Å²) in [4.78, 5) is 18.2. The van der Waals surface area contributed by atoms with E-state index < -0.39 is 0 Å². The van der Waals surface area contributed by atoms with Gasteiger partial charge in [-0.3, -0.25) is 0 Å². The van der Waals surface area contributed by atoms with Gasteiger partial charge < -0.3 is 124 Å². The Morgan fingerprint density at radius 1 is 0.250 bits per heavy atom. The molecule has 0 spiro atoms. The summed E-state index contributed by atoms with van der Waals surface area (Å²) in [5.74, 6) is 2.28. The van der Waals surface area contributed by atoms with Gasteiger partial charge in [0.15, 0.2) is 23.0 Å². The molecule has 0 saturated heterocycles.